The van der Waals surface area contributed by atoms with Crippen LogP contribution in [-0.4, -0.2) is 16.8 Å². The minimum Gasteiger partial charge on any atom is -0.381 e. The summed E-state index contributed by atoms with van der Waals surface area (Å²) < 4.78 is 1.05. The SMILES string of the molecule is CC1(C)CC(=O)C2C(C1)Nc1ccc3ncccc3c1C2c1ccc(Br)cc1. The number of pyridine rings is 1. The van der Waals surface area contributed by atoms with Gasteiger partial charge >= 0.3 is 0 Å². The number of carbonyl (C=O) groups is 1. The predicted molar refractivity (Wildman–Crippen MR) is 117 cm³/mol. The molecule has 0 saturated heterocycles. The molecule has 0 bridgehead atoms. The molecule has 3 unspecified atom stereocenters. The van der Waals surface area contributed by atoms with Crippen LogP contribution in [0.5, 0.6) is 0 Å². The second-order valence-corrected chi connectivity index (χ2v) is 9.83. The van der Waals surface area contributed by atoms with Gasteiger partial charge in [-0.3, -0.25) is 9.78 Å². The maximum atomic E-state index is 13.4. The van der Waals surface area contributed by atoms with Gasteiger partial charge in [0.2, 0.25) is 0 Å². The molecule has 0 radical (unpaired) electrons. The lowest BCUT2D eigenvalue weighted by molar-refractivity contribution is -0.128. The highest BCUT2D eigenvalue weighted by molar-refractivity contribution is 9.10. The topological polar surface area (TPSA) is 42.0 Å². The van der Waals surface area contributed by atoms with Gasteiger partial charge in [0.25, 0.3) is 0 Å². The average Bonchev–Trinajstić information content (AvgIpc) is 2.66. The van der Waals surface area contributed by atoms with E-state index in [9.17, 15) is 4.79 Å². The van der Waals surface area contributed by atoms with Gasteiger partial charge in [-0.25, -0.2) is 0 Å². The first-order chi connectivity index (χ1) is 13.4. The summed E-state index contributed by atoms with van der Waals surface area (Å²) in [4.78, 5) is 17.9. The number of nitrogens with one attached hydrogen (secondary N) is 1. The number of anilines is 1. The third kappa shape index (κ3) is 2.86. The van der Waals surface area contributed by atoms with Gasteiger partial charge in [0.1, 0.15) is 5.78 Å². The first-order valence-electron chi connectivity index (χ1n) is 9.85. The van der Waals surface area contributed by atoms with E-state index in [1.807, 2.05) is 12.3 Å². The lowest BCUT2D eigenvalue weighted by Gasteiger charge is -2.47. The molecule has 3 nitrogen and oxygen atoms in total. The maximum absolute atomic E-state index is 13.4. The number of nitrogens with zero attached hydrogens (tertiary/aromatic N) is 1. The summed E-state index contributed by atoms with van der Waals surface area (Å²) >= 11 is 3.55. The van der Waals surface area contributed by atoms with E-state index in [1.165, 1.54) is 11.1 Å². The van der Waals surface area contributed by atoms with Crippen molar-refractivity contribution in [1.29, 1.82) is 0 Å². The van der Waals surface area contributed by atoms with Crippen molar-refractivity contribution in [3.63, 3.8) is 0 Å². The first kappa shape index (κ1) is 17.9. The van der Waals surface area contributed by atoms with Crippen LogP contribution in [0, 0.1) is 11.3 Å². The Morgan fingerprint density at radius 3 is 2.68 bits per heavy atom. The molecule has 3 atom stereocenters. The number of hydrogen-bond acceptors (Lipinski definition) is 3. The Labute approximate surface area is 173 Å². The number of carbonyl (C=O) groups excluding carboxylic acids is 1. The normalized spacial score (nSPS) is 25.7. The van der Waals surface area contributed by atoms with Gasteiger partial charge in [0.15, 0.2) is 0 Å². The largest absolute Gasteiger partial charge is 0.381 e. The average molecular weight is 435 g/mol. The number of halogens is 1. The number of hydrogen-bond donors (Lipinski definition) is 1. The molecule has 142 valence electrons. The van der Waals surface area contributed by atoms with Gasteiger partial charge in [-0.15, -0.1) is 0 Å². The zero-order chi connectivity index (χ0) is 19.5. The van der Waals surface area contributed by atoms with Crippen molar-refractivity contribution in [2.24, 2.45) is 11.3 Å². The molecule has 0 spiro atoms. The summed E-state index contributed by atoms with van der Waals surface area (Å²) in [5, 5.41) is 4.87. The van der Waals surface area contributed by atoms with E-state index in [-0.39, 0.29) is 23.3 Å². The molecule has 3 aromatic rings. The lowest BCUT2D eigenvalue weighted by atomic mass is 9.61. The van der Waals surface area contributed by atoms with Crippen molar-refractivity contribution in [2.75, 3.05) is 5.32 Å². The molecule has 2 aliphatic rings. The second-order valence-electron chi connectivity index (χ2n) is 8.91. The number of benzene rings is 2. The summed E-state index contributed by atoms with van der Waals surface area (Å²) in [7, 11) is 0. The Morgan fingerprint density at radius 1 is 1.11 bits per heavy atom. The Bertz CT molecular complexity index is 1070. The maximum Gasteiger partial charge on any atom is 0.139 e. The Morgan fingerprint density at radius 2 is 1.89 bits per heavy atom. The number of ketones is 1. The van der Waals surface area contributed by atoms with Gasteiger partial charge in [0, 0.05) is 46.0 Å². The summed E-state index contributed by atoms with van der Waals surface area (Å²) in [5.74, 6) is 0.367. The van der Waals surface area contributed by atoms with E-state index in [2.05, 4.69) is 82.5 Å². The van der Waals surface area contributed by atoms with Crippen LogP contribution in [0.15, 0.2) is 59.2 Å². The van der Waals surface area contributed by atoms with Crippen LogP contribution in [-0.2, 0) is 4.79 Å². The monoisotopic (exact) mass is 434 g/mol. The van der Waals surface area contributed by atoms with E-state index in [4.69, 9.17) is 0 Å². The highest BCUT2D eigenvalue weighted by Crippen LogP contribution is 2.51. The van der Waals surface area contributed by atoms with Gasteiger partial charge in [-0.1, -0.05) is 48.0 Å². The highest BCUT2D eigenvalue weighted by Gasteiger charge is 2.48. The van der Waals surface area contributed by atoms with Crippen LogP contribution in [0.1, 0.15) is 43.7 Å². The van der Waals surface area contributed by atoms with Gasteiger partial charge in [-0.2, -0.15) is 0 Å². The fourth-order valence-corrected chi connectivity index (χ4v) is 5.49. The number of rotatable bonds is 1. The van der Waals surface area contributed by atoms with E-state index < -0.39 is 0 Å². The third-order valence-electron chi connectivity index (χ3n) is 6.30. The smallest absolute Gasteiger partial charge is 0.139 e. The summed E-state index contributed by atoms with van der Waals surface area (Å²) in [6.45, 7) is 4.41. The van der Waals surface area contributed by atoms with E-state index in [0.717, 1.165) is 27.5 Å². The van der Waals surface area contributed by atoms with Crippen LogP contribution in [0.2, 0.25) is 0 Å². The molecular weight excluding hydrogens is 412 g/mol. The van der Waals surface area contributed by atoms with E-state index in [1.54, 1.807) is 0 Å². The molecule has 0 amide bonds. The quantitative estimate of drug-likeness (QED) is 0.515. The number of fused-ring (bicyclic) bond motifs is 4. The molecular formula is C24H23BrN2O. The van der Waals surface area contributed by atoms with E-state index in [0.29, 0.717) is 12.2 Å². The molecule has 2 heterocycles. The zero-order valence-electron chi connectivity index (χ0n) is 16.1. The number of Topliss-reactive ketones (excluding diaryl/α,β-unsaturated/α-hetero) is 1. The van der Waals surface area contributed by atoms with Crippen molar-refractivity contribution in [3.05, 3.63) is 70.3 Å². The lowest BCUT2D eigenvalue weighted by Crippen LogP contribution is -2.50. The minimum absolute atomic E-state index is 0.0332. The molecule has 1 fully saturated rings. The molecule has 1 N–H and O–H groups in total. The molecule has 4 heteroatoms. The predicted octanol–water partition coefficient (Wildman–Crippen LogP) is 5.93. The molecule has 28 heavy (non-hydrogen) atoms. The van der Waals surface area contributed by atoms with Gasteiger partial charge < -0.3 is 5.32 Å². The minimum atomic E-state index is -0.0486. The number of aromatic nitrogens is 1. The standard InChI is InChI=1S/C24H23BrN2O/c1-24(2)12-19-23(20(28)13-24)21(14-5-7-15(25)8-6-14)22-16-4-3-11-26-17(16)9-10-18(22)27-19/h3-11,19,21,23,27H,12-13H2,1-2H3. The Kier molecular flexibility index (Phi) is 4.09. The van der Waals surface area contributed by atoms with Crippen molar-refractivity contribution < 1.29 is 4.79 Å². The Balaban J connectivity index is 1.76. The van der Waals surface area contributed by atoms with E-state index >= 15 is 0 Å². The van der Waals surface area contributed by atoms with Gasteiger partial charge in [-0.05, 0) is 53.3 Å². The fourth-order valence-electron chi connectivity index (χ4n) is 5.23. The zero-order valence-corrected chi connectivity index (χ0v) is 17.7. The summed E-state index contributed by atoms with van der Waals surface area (Å²) in [6, 6.07) is 17.0. The summed E-state index contributed by atoms with van der Waals surface area (Å²) in [6.07, 6.45) is 3.47. The van der Waals surface area contributed by atoms with Crippen molar-refractivity contribution in [2.45, 2.75) is 38.6 Å². The Hall–Kier alpha value is -2.20. The van der Waals surface area contributed by atoms with Crippen LogP contribution in [0.4, 0.5) is 5.69 Å². The van der Waals surface area contributed by atoms with Crippen molar-refractivity contribution in [1.82, 2.24) is 4.98 Å². The molecule has 1 aliphatic heterocycles. The summed E-state index contributed by atoms with van der Waals surface area (Å²) in [5.41, 5.74) is 4.56. The van der Waals surface area contributed by atoms with Crippen LogP contribution in [0.3, 0.4) is 0 Å². The van der Waals surface area contributed by atoms with Crippen molar-refractivity contribution in [3.8, 4) is 0 Å². The van der Waals surface area contributed by atoms with Crippen LogP contribution >= 0.6 is 15.9 Å². The first-order valence-corrected chi connectivity index (χ1v) is 10.6. The second kappa shape index (κ2) is 6.41. The van der Waals surface area contributed by atoms with Crippen LogP contribution < -0.4 is 5.32 Å². The molecule has 1 aromatic heterocycles. The molecule has 5 rings (SSSR count). The molecule has 1 aliphatic carbocycles. The van der Waals surface area contributed by atoms with Gasteiger partial charge in [0.05, 0.1) is 5.52 Å². The molecule has 2 aromatic carbocycles. The molecule has 1 saturated carbocycles. The van der Waals surface area contributed by atoms with Crippen LogP contribution in [0.25, 0.3) is 10.9 Å². The van der Waals surface area contributed by atoms with Crippen molar-refractivity contribution >= 4 is 38.3 Å². The highest BCUT2D eigenvalue weighted by atomic mass is 79.9. The third-order valence-corrected chi connectivity index (χ3v) is 6.83. The fraction of sp³-hybridized carbons (Fsp3) is 0.333.